The van der Waals surface area contributed by atoms with Crippen molar-refractivity contribution in [2.24, 2.45) is 5.73 Å². The first-order valence-corrected chi connectivity index (χ1v) is 7.81. The van der Waals surface area contributed by atoms with E-state index in [1.165, 1.54) is 12.1 Å². The smallest absolute Gasteiger partial charge is 0.478 e. The summed E-state index contributed by atoms with van der Waals surface area (Å²) in [5, 5.41) is 0. The molecule has 3 rings (SSSR count). The third-order valence-electron chi connectivity index (χ3n) is 3.80. The van der Waals surface area contributed by atoms with Gasteiger partial charge in [-0.3, -0.25) is 0 Å². The molecule has 7 heteroatoms. The lowest BCUT2D eigenvalue weighted by molar-refractivity contribution is -0.274. The Kier molecular flexibility index (Phi) is 4.21. The lowest BCUT2D eigenvalue weighted by Gasteiger charge is -2.27. The minimum atomic E-state index is -4.72. The molecule has 1 heterocycles. The van der Waals surface area contributed by atoms with Gasteiger partial charge in [0, 0.05) is 4.47 Å². The quantitative estimate of drug-likeness (QED) is 0.828. The molecular formula is C17H13BrF3NO2. The molecule has 1 atom stereocenters. The van der Waals surface area contributed by atoms with Crippen LogP contribution in [0.4, 0.5) is 13.2 Å². The topological polar surface area (TPSA) is 44.5 Å². The summed E-state index contributed by atoms with van der Waals surface area (Å²) in [5.41, 5.74) is 6.81. The Morgan fingerprint density at radius 1 is 1.08 bits per heavy atom. The molecule has 0 saturated carbocycles. The van der Waals surface area contributed by atoms with Crippen molar-refractivity contribution in [1.29, 1.82) is 0 Å². The zero-order valence-electron chi connectivity index (χ0n) is 12.3. The van der Waals surface area contributed by atoms with E-state index in [2.05, 4.69) is 20.7 Å². The maximum atomic E-state index is 12.3. The van der Waals surface area contributed by atoms with Gasteiger partial charge in [0.15, 0.2) is 5.88 Å². The van der Waals surface area contributed by atoms with Gasteiger partial charge in [0.1, 0.15) is 12.4 Å². The third kappa shape index (κ3) is 3.36. The summed E-state index contributed by atoms with van der Waals surface area (Å²) in [7, 11) is 0. The van der Waals surface area contributed by atoms with Gasteiger partial charge in [-0.05, 0) is 41.5 Å². The van der Waals surface area contributed by atoms with Crippen molar-refractivity contribution >= 4 is 15.9 Å². The minimum Gasteiger partial charge on any atom is -0.478 e. The zero-order chi connectivity index (χ0) is 17.4. The van der Waals surface area contributed by atoms with E-state index < -0.39 is 11.8 Å². The van der Waals surface area contributed by atoms with Crippen molar-refractivity contribution in [1.82, 2.24) is 0 Å². The molecule has 24 heavy (non-hydrogen) atoms. The van der Waals surface area contributed by atoms with Crippen LogP contribution in [0.25, 0.3) is 0 Å². The minimum absolute atomic E-state index is 0.272. The molecular weight excluding hydrogens is 387 g/mol. The van der Waals surface area contributed by atoms with Crippen LogP contribution in [0.2, 0.25) is 0 Å². The van der Waals surface area contributed by atoms with Gasteiger partial charge in [0.2, 0.25) is 0 Å². The number of ether oxygens (including phenoxy) is 2. The Hall–Kier alpha value is -2.15. The van der Waals surface area contributed by atoms with Gasteiger partial charge in [0.25, 0.3) is 0 Å². The molecule has 2 aromatic rings. The Morgan fingerprint density at radius 3 is 2.33 bits per heavy atom. The second kappa shape index (κ2) is 6.05. The van der Waals surface area contributed by atoms with Crippen LogP contribution in [0.1, 0.15) is 11.1 Å². The number of alkyl halides is 3. The second-order valence-corrected chi connectivity index (χ2v) is 6.30. The highest BCUT2D eigenvalue weighted by Gasteiger charge is 2.38. The fraction of sp³-hybridized carbons (Fsp3) is 0.176. The predicted octanol–water partition coefficient (Wildman–Crippen LogP) is 4.46. The molecule has 0 aliphatic carbocycles. The number of hydrogen-bond donors (Lipinski definition) is 1. The Labute approximate surface area is 145 Å². The van der Waals surface area contributed by atoms with Gasteiger partial charge in [-0.1, -0.05) is 40.2 Å². The fourth-order valence-corrected chi connectivity index (χ4v) is 3.14. The van der Waals surface area contributed by atoms with Gasteiger partial charge < -0.3 is 15.2 Å². The lowest BCUT2D eigenvalue weighted by atomic mass is 9.76. The van der Waals surface area contributed by atoms with E-state index in [0.717, 1.165) is 15.6 Å². The van der Waals surface area contributed by atoms with Crippen LogP contribution < -0.4 is 10.5 Å². The average Bonchev–Trinajstić information content (AvgIpc) is 2.90. The predicted molar refractivity (Wildman–Crippen MR) is 86.3 cm³/mol. The van der Waals surface area contributed by atoms with Crippen LogP contribution in [0.3, 0.4) is 0 Å². The SMILES string of the molecule is NC1=CC(c2ccc(OC(F)(F)F)cc2)(c2cccc(Br)c2)CO1. The molecule has 0 spiro atoms. The summed E-state index contributed by atoms with van der Waals surface area (Å²) in [6, 6.07) is 13.4. The van der Waals surface area contributed by atoms with E-state index in [9.17, 15) is 13.2 Å². The van der Waals surface area contributed by atoms with Crippen molar-refractivity contribution in [3.05, 3.63) is 76.1 Å². The summed E-state index contributed by atoms with van der Waals surface area (Å²) < 4.78 is 47.2. The van der Waals surface area contributed by atoms with E-state index in [0.29, 0.717) is 0 Å². The zero-order valence-corrected chi connectivity index (χ0v) is 13.9. The van der Waals surface area contributed by atoms with E-state index in [-0.39, 0.29) is 18.2 Å². The summed E-state index contributed by atoms with van der Waals surface area (Å²) >= 11 is 3.43. The Balaban J connectivity index is 2.02. The van der Waals surface area contributed by atoms with E-state index >= 15 is 0 Å². The van der Waals surface area contributed by atoms with Gasteiger partial charge in [0.05, 0.1) is 5.41 Å². The maximum Gasteiger partial charge on any atom is 0.573 e. The van der Waals surface area contributed by atoms with Crippen LogP contribution in [0, 0.1) is 0 Å². The van der Waals surface area contributed by atoms with Gasteiger partial charge in [-0.15, -0.1) is 13.2 Å². The Morgan fingerprint density at radius 2 is 1.79 bits per heavy atom. The molecule has 0 fully saturated rings. The second-order valence-electron chi connectivity index (χ2n) is 5.39. The highest BCUT2D eigenvalue weighted by molar-refractivity contribution is 9.10. The normalized spacial score (nSPS) is 20.4. The molecule has 0 aromatic heterocycles. The monoisotopic (exact) mass is 399 g/mol. The van der Waals surface area contributed by atoms with Crippen LogP contribution in [0.15, 0.2) is 65.0 Å². The van der Waals surface area contributed by atoms with Crippen LogP contribution in [-0.2, 0) is 10.2 Å². The van der Waals surface area contributed by atoms with Gasteiger partial charge in [-0.25, -0.2) is 0 Å². The maximum absolute atomic E-state index is 12.3. The third-order valence-corrected chi connectivity index (χ3v) is 4.29. The largest absolute Gasteiger partial charge is 0.573 e. The van der Waals surface area contributed by atoms with Crippen molar-refractivity contribution in [3.8, 4) is 5.75 Å². The molecule has 1 aliphatic rings. The number of nitrogens with two attached hydrogens (primary N) is 1. The van der Waals surface area contributed by atoms with Crippen molar-refractivity contribution in [3.63, 3.8) is 0 Å². The number of hydrogen-bond acceptors (Lipinski definition) is 3. The number of halogens is 4. The average molecular weight is 400 g/mol. The van der Waals surface area contributed by atoms with E-state index in [1.54, 1.807) is 18.2 Å². The molecule has 126 valence electrons. The highest BCUT2D eigenvalue weighted by Crippen LogP contribution is 2.40. The van der Waals surface area contributed by atoms with E-state index in [1.807, 2.05) is 24.3 Å². The van der Waals surface area contributed by atoms with Crippen LogP contribution >= 0.6 is 15.9 Å². The van der Waals surface area contributed by atoms with Crippen molar-refractivity contribution < 1.29 is 22.6 Å². The number of rotatable bonds is 3. The molecule has 0 radical (unpaired) electrons. The molecule has 0 bridgehead atoms. The first-order chi connectivity index (χ1) is 11.3. The number of benzene rings is 2. The summed E-state index contributed by atoms with van der Waals surface area (Å²) in [5.74, 6) is 0.0112. The standard InChI is InChI=1S/C17H13BrF3NO2/c18-13-3-1-2-12(8-13)16(9-15(22)23-10-16)11-4-6-14(7-5-11)24-17(19,20)21/h1-9H,10,22H2. The first kappa shape index (κ1) is 16.7. The molecule has 1 unspecified atom stereocenters. The van der Waals surface area contributed by atoms with Crippen molar-refractivity contribution in [2.45, 2.75) is 11.8 Å². The summed E-state index contributed by atoms with van der Waals surface area (Å²) in [6.45, 7) is 0.273. The molecule has 2 N–H and O–H groups in total. The molecule has 0 amide bonds. The van der Waals surface area contributed by atoms with Crippen LogP contribution in [0.5, 0.6) is 5.75 Å². The molecule has 0 saturated heterocycles. The van der Waals surface area contributed by atoms with Gasteiger partial charge >= 0.3 is 6.36 Å². The molecule has 2 aromatic carbocycles. The summed E-state index contributed by atoms with van der Waals surface area (Å²) in [6.07, 6.45) is -2.95. The van der Waals surface area contributed by atoms with Crippen LogP contribution in [-0.4, -0.2) is 13.0 Å². The first-order valence-electron chi connectivity index (χ1n) is 7.02. The van der Waals surface area contributed by atoms with E-state index in [4.69, 9.17) is 10.5 Å². The summed E-state index contributed by atoms with van der Waals surface area (Å²) in [4.78, 5) is 0. The fourth-order valence-electron chi connectivity index (χ4n) is 2.74. The van der Waals surface area contributed by atoms with Crippen molar-refractivity contribution in [2.75, 3.05) is 6.61 Å². The highest BCUT2D eigenvalue weighted by atomic mass is 79.9. The van der Waals surface area contributed by atoms with Gasteiger partial charge in [-0.2, -0.15) is 0 Å². The lowest BCUT2D eigenvalue weighted by Crippen LogP contribution is -2.27. The molecule has 3 nitrogen and oxygen atoms in total. The molecule has 1 aliphatic heterocycles. The Bertz CT molecular complexity index is 774.